The van der Waals surface area contributed by atoms with Crippen LogP contribution in [0.25, 0.3) is 0 Å². The van der Waals surface area contributed by atoms with E-state index in [2.05, 4.69) is 5.32 Å². The number of rotatable bonds is 5. The van der Waals surface area contributed by atoms with Crippen molar-refractivity contribution in [2.75, 3.05) is 0 Å². The summed E-state index contributed by atoms with van der Waals surface area (Å²) in [5.41, 5.74) is 4.64. The monoisotopic (exact) mass is 256 g/mol. The predicted octanol–water partition coefficient (Wildman–Crippen LogP) is 1.26. The molecule has 1 amide bonds. The van der Waals surface area contributed by atoms with Crippen LogP contribution in [0.3, 0.4) is 0 Å². The number of carboxylic acid groups (broad SMARTS) is 1. The molecule has 0 aromatic carbocycles. The van der Waals surface area contributed by atoms with E-state index < -0.39 is 11.5 Å². The van der Waals surface area contributed by atoms with Gasteiger partial charge in [0.15, 0.2) is 0 Å². The number of carbonyl (C=O) groups excluding carboxylic acids is 1. The molecule has 1 rings (SSSR count). The van der Waals surface area contributed by atoms with Crippen LogP contribution in [0.1, 0.15) is 52.4 Å². The third-order valence-electron chi connectivity index (χ3n) is 3.76. The molecule has 0 spiro atoms. The van der Waals surface area contributed by atoms with Gasteiger partial charge in [0.25, 0.3) is 0 Å². The molecule has 104 valence electrons. The van der Waals surface area contributed by atoms with Crippen molar-refractivity contribution in [3.8, 4) is 0 Å². The van der Waals surface area contributed by atoms with Gasteiger partial charge in [0.05, 0.1) is 0 Å². The fourth-order valence-corrected chi connectivity index (χ4v) is 2.61. The summed E-state index contributed by atoms with van der Waals surface area (Å²) in [4.78, 5) is 23.3. The maximum atomic E-state index is 11.8. The van der Waals surface area contributed by atoms with Gasteiger partial charge in [0.1, 0.15) is 5.54 Å². The van der Waals surface area contributed by atoms with Crippen LogP contribution in [0.5, 0.6) is 0 Å². The summed E-state index contributed by atoms with van der Waals surface area (Å²) in [7, 11) is 0. The molecule has 1 aliphatic carbocycles. The zero-order valence-corrected chi connectivity index (χ0v) is 11.2. The number of amides is 1. The molecule has 0 heterocycles. The Bertz CT molecular complexity index is 319. The van der Waals surface area contributed by atoms with Gasteiger partial charge in [-0.05, 0) is 25.2 Å². The third kappa shape index (κ3) is 3.70. The highest BCUT2D eigenvalue weighted by Crippen LogP contribution is 2.32. The normalized spacial score (nSPS) is 29.6. The number of carboxylic acids is 1. The fraction of sp³-hybridized carbons (Fsp3) is 0.846. The Labute approximate surface area is 108 Å². The van der Waals surface area contributed by atoms with E-state index in [4.69, 9.17) is 5.73 Å². The van der Waals surface area contributed by atoms with Gasteiger partial charge in [0.2, 0.25) is 5.91 Å². The molecule has 0 aromatic heterocycles. The van der Waals surface area contributed by atoms with Crippen molar-refractivity contribution in [2.24, 2.45) is 11.7 Å². The highest BCUT2D eigenvalue weighted by atomic mass is 16.4. The molecule has 3 atom stereocenters. The highest BCUT2D eigenvalue weighted by Gasteiger charge is 2.43. The van der Waals surface area contributed by atoms with Crippen LogP contribution in [-0.4, -0.2) is 28.6 Å². The summed E-state index contributed by atoms with van der Waals surface area (Å²) in [6.45, 7) is 3.94. The quantitative estimate of drug-likeness (QED) is 0.690. The molecule has 0 saturated heterocycles. The SMILES string of the molecule is CCC(N)CC(=O)NC1(C(=O)O)CCCC(C)C1. The van der Waals surface area contributed by atoms with Crippen molar-refractivity contribution in [3.63, 3.8) is 0 Å². The lowest BCUT2D eigenvalue weighted by atomic mass is 9.76. The Morgan fingerprint density at radius 1 is 1.56 bits per heavy atom. The first kappa shape index (κ1) is 15.0. The van der Waals surface area contributed by atoms with Crippen LogP contribution >= 0.6 is 0 Å². The van der Waals surface area contributed by atoms with Crippen LogP contribution in [0.15, 0.2) is 0 Å². The summed E-state index contributed by atoms with van der Waals surface area (Å²) < 4.78 is 0. The molecular formula is C13H24N2O3. The Hall–Kier alpha value is -1.10. The van der Waals surface area contributed by atoms with Crippen LogP contribution < -0.4 is 11.1 Å². The minimum Gasteiger partial charge on any atom is -0.480 e. The van der Waals surface area contributed by atoms with Crippen molar-refractivity contribution in [3.05, 3.63) is 0 Å². The first-order chi connectivity index (χ1) is 8.39. The third-order valence-corrected chi connectivity index (χ3v) is 3.76. The maximum absolute atomic E-state index is 11.8. The number of hydrogen-bond donors (Lipinski definition) is 3. The molecule has 4 N–H and O–H groups in total. The van der Waals surface area contributed by atoms with Crippen LogP contribution in [0.4, 0.5) is 0 Å². The summed E-state index contributed by atoms with van der Waals surface area (Å²) in [6, 6.07) is -0.197. The van der Waals surface area contributed by atoms with Crippen molar-refractivity contribution in [2.45, 2.75) is 64.0 Å². The Balaban J connectivity index is 2.68. The van der Waals surface area contributed by atoms with Gasteiger partial charge in [-0.15, -0.1) is 0 Å². The Kier molecular flexibility index (Phi) is 5.14. The average molecular weight is 256 g/mol. The first-order valence-corrected chi connectivity index (χ1v) is 6.69. The Morgan fingerprint density at radius 2 is 2.22 bits per heavy atom. The molecular weight excluding hydrogens is 232 g/mol. The Morgan fingerprint density at radius 3 is 2.72 bits per heavy atom. The summed E-state index contributed by atoms with van der Waals surface area (Å²) >= 11 is 0. The van der Waals surface area contributed by atoms with Crippen molar-refractivity contribution >= 4 is 11.9 Å². The van der Waals surface area contributed by atoms with E-state index in [-0.39, 0.29) is 18.4 Å². The topological polar surface area (TPSA) is 92.4 Å². The van der Waals surface area contributed by atoms with E-state index in [0.29, 0.717) is 25.2 Å². The van der Waals surface area contributed by atoms with Crippen molar-refractivity contribution in [1.82, 2.24) is 5.32 Å². The largest absolute Gasteiger partial charge is 0.480 e. The summed E-state index contributed by atoms with van der Waals surface area (Å²) in [6.07, 6.45) is 3.80. The fourth-order valence-electron chi connectivity index (χ4n) is 2.61. The summed E-state index contributed by atoms with van der Waals surface area (Å²) in [5.74, 6) is -0.844. The minimum absolute atomic E-state index is 0.194. The molecule has 1 saturated carbocycles. The molecule has 3 unspecified atom stereocenters. The molecule has 0 aromatic rings. The van der Waals surface area contributed by atoms with Gasteiger partial charge in [-0.2, -0.15) is 0 Å². The minimum atomic E-state index is -1.08. The highest BCUT2D eigenvalue weighted by molar-refractivity contribution is 5.87. The molecule has 1 fully saturated rings. The second-order valence-corrected chi connectivity index (χ2v) is 5.51. The van der Waals surface area contributed by atoms with Crippen molar-refractivity contribution < 1.29 is 14.7 Å². The molecule has 18 heavy (non-hydrogen) atoms. The van der Waals surface area contributed by atoms with Gasteiger partial charge < -0.3 is 16.2 Å². The lowest BCUT2D eigenvalue weighted by Crippen LogP contribution is -2.57. The smallest absolute Gasteiger partial charge is 0.329 e. The van der Waals surface area contributed by atoms with Gasteiger partial charge in [-0.3, -0.25) is 4.79 Å². The van der Waals surface area contributed by atoms with Crippen molar-refractivity contribution in [1.29, 1.82) is 0 Å². The molecule has 5 nitrogen and oxygen atoms in total. The number of nitrogens with two attached hydrogens (primary N) is 1. The number of hydrogen-bond acceptors (Lipinski definition) is 3. The lowest BCUT2D eigenvalue weighted by Gasteiger charge is -2.37. The number of carbonyl (C=O) groups is 2. The second-order valence-electron chi connectivity index (χ2n) is 5.51. The van der Waals surface area contributed by atoms with Crippen LogP contribution in [-0.2, 0) is 9.59 Å². The van der Waals surface area contributed by atoms with Gasteiger partial charge >= 0.3 is 5.97 Å². The molecule has 5 heteroatoms. The zero-order chi connectivity index (χ0) is 13.8. The van der Waals surface area contributed by atoms with E-state index in [1.54, 1.807) is 0 Å². The van der Waals surface area contributed by atoms with E-state index >= 15 is 0 Å². The van der Waals surface area contributed by atoms with E-state index in [1.807, 2.05) is 13.8 Å². The lowest BCUT2D eigenvalue weighted by molar-refractivity contribution is -0.150. The maximum Gasteiger partial charge on any atom is 0.329 e. The van der Waals surface area contributed by atoms with E-state index in [1.165, 1.54) is 0 Å². The molecule has 0 aliphatic heterocycles. The van der Waals surface area contributed by atoms with Gasteiger partial charge in [-0.25, -0.2) is 4.79 Å². The van der Waals surface area contributed by atoms with E-state index in [9.17, 15) is 14.7 Å². The standard InChI is InChI=1S/C13H24N2O3/c1-3-10(14)7-11(16)15-13(12(17)18)6-4-5-9(2)8-13/h9-10H,3-8,14H2,1-2H3,(H,15,16)(H,17,18). The average Bonchev–Trinajstić information content (AvgIpc) is 2.28. The number of aliphatic carboxylic acids is 1. The zero-order valence-electron chi connectivity index (χ0n) is 11.2. The predicted molar refractivity (Wildman–Crippen MR) is 69.0 cm³/mol. The molecule has 0 radical (unpaired) electrons. The van der Waals surface area contributed by atoms with Gasteiger partial charge in [0, 0.05) is 12.5 Å². The molecule has 1 aliphatic rings. The summed E-state index contributed by atoms with van der Waals surface area (Å²) in [5, 5.41) is 12.1. The van der Waals surface area contributed by atoms with Crippen LogP contribution in [0, 0.1) is 5.92 Å². The first-order valence-electron chi connectivity index (χ1n) is 6.69. The van der Waals surface area contributed by atoms with Crippen LogP contribution in [0.2, 0.25) is 0 Å². The van der Waals surface area contributed by atoms with Gasteiger partial charge in [-0.1, -0.05) is 26.7 Å². The molecule has 0 bridgehead atoms. The van der Waals surface area contributed by atoms with E-state index in [0.717, 1.165) is 12.8 Å². The number of nitrogens with one attached hydrogen (secondary N) is 1. The second kappa shape index (κ2) is 6.18.